The Morgan fingerprint density at radius 2 is 2.21 bits per heavy atom. The summed E-state index contributed by atoms with van der Waals surface area (Å²) in [5.41, 5.74) is 3.10. The number of aromatic amines is 1. The lowest BCUT2D eigenvalue weighted by molar-refractivity contribution is 0.337. The van der Waals surface area contributed by atoms with Crippen LogP contribution in [0.25, 0.3) is 16.7 Å². The molecule has 4 rings (SSSR count). The smallest absolute Gasteiger partial charge is 0.154 e. The minimum atomic E-state index is 0.469. The highest BCUT2D eigenvalue weighted by Gasteiger charge is 2.26. The van der Waals surface area contributed by atoms with Crippen molar-refractivity contribution in [3.05, 3.63) is 30.5 Å². The van der Waals surface area contributed by atoms with Gasteiger partial charge >= 0.3 is 0 Å². The van der Waals surface area contributed by atoms with Crippen molar-refractivity contribution >= 4 is 16.7 Å². The molecule has 4 heterocycles. The van der Waals surface area contributed by atoms with Gasteiger partial charge in [0.05, 0.1) is 23.4 Å². The van der Waals surface area contributed by atoms with Crippen molar-refractivity contribution in [2.45, 2.75) is 19.3 Å². The number of hydrogen-bond acceptors (Lipinski definition) is 3. The van der Waals surface area contributed by atoms with Crippen LogP contribution in [0.5, 0.6) is 0 Å². The quantitative estimate of drug-likeness (QED) is 0.698. The summed E-state index contributed by atoms with van der Waals surface area (Å²) in [5, 5.41) is 3.48. The molecule has 0 bridgehead atoms. The van der Waals surface area contributed by atoms with E-state index in [0.717, 1.165) is 35.6 Å². The van der Waals surface area contributed by atoms with Crippen LogP contribution in [0.3, 0.4) is 0 Å². The highest BCUT2D eigenvalue weighted by molar-refractivity contribution is 5.75. The van der Waals surface area contributed by atoms with Crippen molar-refractivity contribution in [3.8, 4) is 0 Å². The van der Waals surface area contributed by atoms with E-state index in [9.17, 15) is 0 Å². The summed E-state index contributed by atoms with van der Waals surface area (Å²) < 4.78 is 2.24. The van der Waals surface area contributed by atoms with Crippen LogP contribution in [0.1, 0.15) is 25.1 Å². The van der Waals surface area contributed by atoms with Crippen LogP contribution in [-0.4, -0.2) is 32.4 Å². The lowest BCUT2D eigenvalue weighted by Gasteiger charge is -2.28. The Hall–Kier alpha value is -1.88. The van der Waals surface area contributed by atoms with E-state index in [4.69, 9.17) is 0 Å². The van der Waals surface area contributed by atoms with E-state index in [1.165, 1.54) is 6.42 Å². The average molecular weight is 255 g/mol. The second-order valence-corrected chi connectivity index (χ2v) is 5.42. The van der Waals surface area contributed by atoms with Crippen LogP contribution in [0.2, 0.25) is 0 Å². The first-order valence-corrected chi connectivity index (χ1v) is 6.85. The molecule has 5 heteroatoms. The van der Waals surface area contributed by atoms with Gasteiger partial charge in [-0.15, -0.1) is 0 Å². The summed E-state index contributed by atoms with van der Waals surface area (Å²) in [6.45, 7) is 4.44. The highest BCUT2D eigenvalue weighted by atomic mass is 15.1. The molecule has 98 valence electrons. The molecule has 1 aliphatic rings. The Labute approximate surface area is 111 Å². The third-order valence-electron chi connectivity index (χ3n) is 4.25. The number of hydrogen-bond donors (Lipinski definition) is 2. The molecule has 1 saturated heterocycles. The molecule has 5 nitrogen and oxygen atoms in total. The fourth-order valence-electron chi connectivity index (χ4n) is 3.10. The molecule has 1 fully saturated rings. The van der Waals surface area contributed by atoms with Crippen molar-refractivity contribution in [1.29, 1.82) is 0 Å². The Bertz CT molecular complexity index is 726. The largest absolute Gasteiger partial charge is 0.345 e. The van der Waals surface area contributed by atoms with Crippen molar-refractivity contribution in [3.63, 3.8) is 0 Å². The Morgan fingerprint density at radius 1 is 1.32 bits per heavy atom. The Balaban J connectivity index is 1.96. The van der Waals surface area contributed by atoms with Crippen molar-refractivity contribution < 1.29 is 0 Å². The zero-order valence-corrected chi connectivity index (χ0v) is 10.9. The summed E-state index contributed by atoms with van der Waals surface area (Å²) in [7, 11) is 0. The van der Waals surface area contributed by atoms with E-state index >= 15 is 0 Å². The number of H-pyrrole nitrogens is 1. The topological polar surface area (TPSA) is 58.0 Å². The zero-order valence-electron chi connectivity index (χ0n) is 10.9. The summed E-state index contributed by atoms with van der Waals surface area (Å²) >= 11 is 0. The van der Waals surface area contributed by atoms with Gasteiger partial charge in [0.2, 0.25) is 0 Å². The summed E-state index contributed by atoms with van der Waals surface area (Å²) in [6.07, 6.45) is 6.96. The molecule has 0 aromatic carbocycles. The molecule has 19 heavy (non-hydrogen) atoms. The number of fused-ring (bicyclic) bond motifs is 3. The maximum absolute atomic E-state index is 4.67. The molecule has 1 aliphatic heterocycles. The molecule has 2 N–H and O–H groups in total. The van der Waals surface area contributed by atoms with E-state index in [-0.39, 0.29) is 0 Å². The SMILES string of the molecule is C[C@H]1CCNC[C@H]1c1ncc2cnc3[nH]ccc3n12. The maximum atomic E-state index is 4.67. The molecule has 3 aromatic rings. The fraction of sp³-hybridized carbons (Fsp3) is 0.429. The normalized spacial score (nSPS) is 24.3. The molecule has 0 amide bonds. The standard InChI is InChI=1S/C14H17N5/c1-9-2-4-15-8-11(9)14-18-7-10-6-17-13-12(19(10)14)3-5-16-13/h3,5-7,9,11,15-16H,2,4,8H2,1H3/t9-,11+/m0/s1. The molecule has 0 radical (unpaired) electrons. The van der Waals surface area contributed by atoms with Crippen molar-refractivity contribution in [2.75, 3.05) is 13.1 Å². The van der Waals surface area contributed by atoms with Gasteiger partial charge in [-0.2, -0.15) is 0 Å². The first kappa shape index (κ1) is 11.0. The maximum Gasteiger partial charge on any atom is 0.154 e. The molecule has 0 saturated carbocycles. The predicted molar refractivity (Wildman–Crippen MR) is 74.2 cm³/mol. The van der Waals surface area contributed by atoms with Gasteiger partial charge in [-0.05, 0) is 24.9 Å². The van der Waals surface area contributed by atoms with Crippen LogP contribution in [-0.2, 0) is 0 Å². The molecule has 3 aromatic heterocycles. The van der Waals surface area contributed by atoms with Crippen LogP contribution < -0.4 is 5.32 Å². The fourth-order valence-corrected chi connectivity index (χ4v) is 3.10. The summed E-state index contributed by atoms with van der Waals surface area (Å²) in [5.74, 6) is 2.28. The van der Waals surface area contributed by atoms with E-state index < -0.39 is 0 Å². The van der Waals surface area contributed by atoms with Crippen LogP contribution in [0.15, 0.2) is 24.7 Å². The summed E-state index contributed by atoms with van der Waals surface area (Å²) in [4.78, 5) is 12.3. The van der Waals surface area contributed by atoms with Crippen LogP contribution >= 0.6 is 0 Å². The first-order chi connectivity index (χ1) is 9.34. The van der Waals surface area contributed by atoms with E-state index in [1.807, 2.05) is 18.6 Å². The highest BCUT2D eigenvalue weighted by Crippen LogP contribution is 2.29. The lowest BCUT2D eigenvalue weighted by atomic mass is 9.87. The van der Waals surface area contributed by atoms with Gasteiger partial charge in [-0.25, -0.2) is 9.97 Å². The number of imidazole rings is 1. The average Bonchev–Trinajstić information content (AvgIpc) is 3.04. The zero-order chi connectivity index (χ0) is 12.8. The molecule has 0 spiro atoms. The first-order valence-electron chi connectivity index (χ1n) is 6.85. The number of nitrogens with zero attached hydrogens (tertiary/aromatic N) is 3. The minimum Gasteiger partial charge on any atom is -0.345 e. The van der Waals surface area contributed by atoms with Crippen molar-refractivity contribution in [1.82, 2.24) is 24.7 Å². The third-order valence-corrected chi connectivity index (χ3v) is 4.25. The Kier molecular flexibility index (Phi) is 2.35. The van der Waals surface area contributed by atoms with E-state index in [0.29, 0.717) is 11.8 Å². The predicted octanol–water partition coefficient (Wildman–Crippen LogP) is 1.92. The number of piperidine rings is 1. The monoisotopic (exact) mass is 255 g/mol. The van der Waals surface area contributed by atoms with Crippen LogP contribution in [0, 0.1) is 5.92 Å². The van der Waals surface area contributed by atoms with Gasteiger partial charge in [0.15, 0.2) is 5.65 Å². The second-order valence-electron chi connectivity index (χ2n) is 5.42. The molecule has 0 unspecified atom stereocenters. The molecule has 0 aliphatic carbocycles. The van der Waals surface area contributed by atoms with Gasteiger partial charge in [0, 0.05) is 18.7 Å². The molecular weight excluding hydrogens is 238 g/mol. The molecule has 2 atom stereocenters. The van der Waals surface area contributed by atoms with Crippen LogP contribution in [0.4, 0.5) is 0 Å². The van der Waals surface area contributed by atoms with Gasteiger partial charge < -0.3 is 10.3 Å². The third kappa shape index (κ3) is 1.58. The second kappa shape index (κ2) is 4.06. The number of aromatic nitrogens is 4. The summed E-state index contributed by atoms with van der Waals surface area (Å²) in [6, 6.07) is 2.07. The van der Waals surface area contributed by atoms with Gasteiger partial charge in [0.25, 0.3) is 0 Å². The molecular formula is C14H17N5. The van der Waals surface area contributed by atoms with Gasteiger partial charge in [0.1, 0.15) is 5.82 Å². The number of nitrogens with one attached hydrogen (secondary N) is 2. The number of rotatable bonds is 1. The van der Waals surface area contributed by atoms with Gasteiger partial charge in [-0.3, -0.25) is 4.40 Å². The Morgan fingerprint density at radius 3 is 3.11 bits per heavy atom. The van der Waals surface area contributed by atoms with Gasteiger partial charge in [-0.1, -0.05) is 6.92 Å². The van der Waals surface area contributed by atoms with E-state index in [1.54, 1.807) is 0 Å². The lowest BCUT2D eigenvalue weighted by Crippen LogP contribution is -2.34. The van der Waals surface area contributed by atoms with Crippen molar-refractivity contribution in [2.24, 2.45) is 5.92 Å². The minimum absolute atomic E-state index is 0.469. The van der Waals surface area contributed by atoms with E-state index in [2.05, 4.69) is 37.7 Å².